The molecule has 3 atom stereocenters. The third kappa shape index (κ3) is 6.85. The summed E-state index contributed by atoms with van der Waals surface area (Å²) in [5, 5.41) is 23.8. The maximum Gasteiger partial charge on any atom is 0.234 e. The highest BCUT2D eigenvalue weighted by Crippen LogP contribution is 2.43. The van der Waals surface area contributed by atoms with E-state index in [-0.39, 0.29) is 23.7 Å². The minimum Gasteiger partial charge on any atom is -0.388 e. The monoisotopic (exact) mass is 708 g/mol. The van der Waals surface area contributed by atoms with Gasteiger partial charge in [0.05, 0.1) is 28.5 Å². The Balaban J connectivity index is 0.00000106. The normalized spacial score (nSPS) is 24.5. The molecule has 3 aromatic rings. The molecular formula is C34H39BFIN4O3. The van der Waals surface area contributed by atoms with E-state index in [9.17, 15) is 20.0 Å². The average Bonchev–Trinajstić information content (AvgIpc) is 3.00. The smallest absolute Gasteiger partial charge is 0.234 e. The lowest BCUT2D eigenvalue weighted by atomic mass is 9.65. The summed E-state index contributed by atoms with van der Waals surface area (Å²) in [6.07, 6.45) is 5.70. The van der Waals surface area contributed by atoms with Crippen molar-refractivity contribution in [3.63, 3.8) is 0 Å². The van der Waals surface area contributed by atoms with Gasteiger partial charge in [0.2, 0.25) is 11.8 Å². The molecule has 2 N–H and O–H groups in total. The van der Waals surface area contributed by atoms with Crippen molar-refractivity contribution in [1.82, 2.24) is 15.2 Å². The maximum absolute atomic E-state index is 16.0. The molecule has 44 heavy (non-hydrogen) atoms. The van der Waals surface area contributed by atoms with Gasteiger partial charge < -0.3 is 5.11 Å². The zero-order valence-electron chi connectivity index (χ0n) is 25.6. The second-order valence-corrected chi connectivity index (χ2v) is 12.0. The zero-order valence-corrected chi connectivity index (χ0v) is 27.7. The van der Waals surface area contributed by atoms with E-state index in [0.717, 1.165) is 30.4 Å². The number of β-amino-alcohol motifs (C(OH)–C–C–N with tert-alkyl or cyclic N) is 1. The Morgan fingerprint density at radius 3 is 2.45 bits per heavy atom. The quantitative estimate of drug-likeness (QED) is 0.188. The van der Waals surface area contributed by atoms with Crippen LogP contribution in [0.1, 0.15) is 93.4 Å². The molecule has 1 aliphatic carbocycles. The van der Waals surface area contributed by atoms with E-state index < -0.39 is 23.3 Å². The number of aliphatic hydroxyl groups is 1. The summed E-state index contributed by atoms with van der Waals surface area (Å²) in [7, 11) is 0. The molecule has 3 unspecified atom stereocenters. The van der Waals surface area contributed by atoms with Crippen LogP contribution < -0.4 is 5.32 Å². The van der Waals surface area contributed by atoms with Crippen LogP contribution >= 0.6 is 22.4 Å². The summed E-state index contributed by atoms with van der Waals surface area (Å²) >= 11 is 1.65. The van der Waals surface area contributed by atoms with Gasteiger partial charge in [-0.2, -0.15) is 27.6 Å². The molecule has 0 spiro atoms. The second-order valence-electron chi connectivity index (χ2n) is 12.0. The van der Waals surface area contributed by atoms with Crippen molar-refractivity contribution in [2.45, 2.75) is 88.7 Å². The van der Waals surface area contributed by atoms with E-state index in [1.165, 1.54) is 0 Å². The Bertz CT molecular complexity index is 1540. The number of rotatable bonds is 5. The number of carbonyl (C=O) groups is 2. The first-order chi connectivity index (χ1) is 21.2. The first kappa shape index (κ1) is 34.0. The SMILES string of the molecule is CC.CC1(O)CN(Cc2ccc(C3(C#N)CCC3)cc2)CCC1c1ccc2ncc(C3CCC(=O)NC3=O)cc2c1F.[B]I. The Hall–Kier alpha value is -2.88. The number of nitriles is 1. The number of fused-ring (bicyclic) bond motifs is 1. The molecule has 3 fully saturated rings. The van der Waals surface area contributed by atoms with Gasteiger partial charge in [-0.15, -0.1) is 0 Å². The van der Waals surface area contributed by atoms with E-state index >= 15 is 4.39 Å². The Morgan fingerprint density at radius 2 is 1.86 bits per heavy atom. The van der Waals surface area contributed by atoms with E-state index in [1.807, 2.05) is 13.8 Å². The van der Waals surface area contributed by atoms with Gasteiger partial charge in [0.25, 0.3) is 0 Å². The Labute approximate surface area is 273 Å². The van der Waals surface area contributed by atoms with Gasteiger partial charge in [0.1, 0.15) is 5.82 Å². The highest BCUT2D eigenvalue weighted by Gasteiger charge is 2.41. The second kappa shape index (κ2) is 14.5. The first-order valence-electron chi connectivity index (χ1n) is 15.3. The van der Waals surface area contributed by atoms with E-state index in [1.54, 1.807) is 53.7 Å². The number of amides is 2. The number of pyridine rings is 1. The van der Waals surface area contributed by atoms with Crippen LogP contribution in [0.3, 0.4) is 0 Å². The maximum atomic E-state index is 16.0. The molecule has 0 bridgehead atoms. The van der Waals surface area contributed by atoms with Crippen molar-refractivity contribution >= 4 is 50.8 Å². The fourth-order valence-electron chi connectivity index (χ4n) is 6.74. The average molecular weight is 708 g/mol. The van der Waals surface area contributed by atoms with Crippen LogP contribution in [0.5, 0.6) is 0 Å². The molecule has 6 rings (SSSR count). The third-order valence-corrected chi connectivity index (χ3v) is 9.23. The number of imide groups is 1. The van der Waals surface area contributed by atoms with Crippen LogP contribution in [0.15, 0.2) is 48.7 Å². The molecule has 2 amide bonds. The predicted octanol–water partition coefficient (Wildman–Crippen LogP) is 6.11. The zero-order chi connectivity index (χ0) is 32.1. The van der Waals surface area contributed by atoms with Crippen molar-refractivity contribution in [2.75, 3.05) is 13.1 Å². The van der Waals surface area contributed by atoms with Crippen molar-refractivity contribution in [3.8, 4) is 6.07 Å². The summed E-state index contributed by atoms with van der Waals surface area (Å²) in [5.41, 5.74) is 6.70. The van der Waals surface area contributed by atoms with Gasteiger partial charge in [0, 0.05) is 37.0 Å². The number of hydrogen-bond acceptors (Lipinski definition) is 6. The van der Waals surface area contributed by atoms with Crippen molar-refractivity contribution in [2.24, 2.45) is 0 Å². The molecule has 1 aromatic heterocycles. The summed E-state index contributed by atoms with van der Waals surface area (Å²) in [5.74, 6) is -2.04. The predicted molar refractivity (Wildman–Crippen MR) is 179 cm³/mol. The number of benzene rings is 2. The highest BCUT2D eigenvalue weighted by molar-refractivity contribution is 14.1. The van der Waals surface area contributed by atoms with Crippen LogP contribution in [0.2, 0.25) is 0 Å². The van der Waals surface area contributed by atoms with Crippen molar-refractivity contribution in [1.29, 1.82) is 5.26 Å². The minimum absolute atomic E-state index is 0.239. The van der Waals surface area contributed by atoms with E-state index in [0.29, 0.717) is 54.5 Å². The number of aromatic nitrogens is 1. The number of nitrogens with zero attached hydrogens (tertiary/aromatic N) is 3. The molecule has 3 heterocycles. The van der Waals surface area contributed by atoms with Gasteiger partial charge in [0.15, 0.2) is 5.70 Å². The van der Waals surface area contributed by atoms with Gasteiger partial charge in [-0.1, -0.05) is 44.2 Å². The number of piperidine rings is 2. The summed E-state index contributed by atoms with van der Waals surface area (Å²) in [6, 6.07) is 15.9. The third-order valence-electron chi connectivity index (χ3n) is 9.23. The standard InChI is InChI=1S/C32H33FN4O3.C2H6.BI/c1-31(40)19-37(17-20-3-5-22(6-4-20)32(18-34)12-2-13-32)14-11-26(31)24-7-9-27-25(29(24)33)15-21(16-35-27)23-8-10-28(38)36-30(23)39;2*1-2/h3-7,9,15-16,23,26,40H,2,8,10-14,17,19H2,1H3,(H,36,38,39);1-2H3;. The topological polar surface area (TPSA) is 106 Å². The molecule has 2 radical (unpaired) electrons. The van der Waals surface area contributed by atoms with Gasteiger partial charge in [-0.05, 0) is 80.0 Å². The number of halogens is 2. The molecule has 3 aliphatic rings. The van der Waals surface area contributed by atoms with E-state index in [4.69, 9.17) is 0 Å². The number of likely N-dealkylation sites (tertiary alicyclic amines) is 1. The van der Waals surface area contributed by atoms with Crippen LogP contribution in [-0.2, 0) is 21.5 Å². The van der Waals surface area contributed by atoms with Gasteiger partial charge >= 0.3 is 0 Å². The van der Waals surface area contributed by atoms with Crippen LogP contribution in [-0.4, -0.2) is 51.2 Å². The van der Waals surface area contributed by atoms with E-state index in [2.05, 4.69) is 51.2 Å². The molecule has 2 aliphatic heterocycles. The molecular weight excluding hydrogens is 669 g/mol. The fourth-order valence-corrected chi connectivity index (χ4v) is 6.74. The van der Waals surface area contributed by atoms with Crippen molar-refractivity contribution in [3.05, 3.63) is 76.7 Å². The van der Waals surface area contributed by atoms with Crippen molar-refractivity contribution < 1.29 is 19.1 Å². The minimum atomic E-state index is -1.15. The largest absolute Gasteiger partial charge is 0.388 e. The lowest BCUT2D eigenvalue weighted by Gasteiger charge is -2.43. The molecule has 7 nitrogen and oxygen atoms in total. The fraction of sp³-hybridized carbons (Fsp3) is 0.471. The molecule has 2 saturated heterocycles. The molecule has 1 saturated carbocycles. The summed E-state index contributed by atoms with van der Waals surface area (Å²) in [6.45, 7) is 7.54. The number of carbonyl (C=O) groups excluding carboxylic acids is 2. The first-order valence-corrected chi connectivity index (χ1v) is 16.5. The lowest BCUT2D eigenvalue weighted by molar-refractivity contribution is -0.134. The lowest BCUT2D eigenvalue weighted by Crippen LogP contribution is -2.50. The van der Waals surface area contributed by atoms with Crippen LogP contribution in [0.25, 0.3) is 10.9 Å². The van der Waals surface area contributed by atoms with Gasteiger partial charge in [-0.25, -0.2) is 4.39 Å². The Kier molecular flexibility index (Phi) is 11.2. The van der Waals surface area contributed by atoms with Crippen LogP contribution in [0.4, 0.5) is 4.39 Å². The summed E-state index contributed by atoms with van der Waals surface area (Å²) < 4.78 is 16.0. The molecule has 10 heteroatoms. The Morgan fingerprint density at radius 1 is 1.16 bits per heavy atom. The van der Waals surface area contributed by atoms with Gasteiger partial charge in [-0.3, -0.25) is 24.8 Å². The van der Waals surface area contributed by atoms with Crippen LogP contribution in [0, 0.1) is 17.1 Å². The molecule has 2 aromatic carbocycles. The molecule has 230 valence electrons. The summed E-state index contributed by atoms with van der Waals surface area (Å²) in [4.78, 5) is 30.5. The number of nitrogens with one attached hydrogen (secondary N) is 1. The number of hydrogen-bond donors (Lipinski definition) is 2. The highest BCUT2D eigenvalue weighted by atomic mass is 127.